The fraction of sp³-hybridized carbons (Fsp3) is 0.400. The number of hydrogen-bond acceptors (Lipinski definition) is 4. The van der Waals surface area contributed by atoms with E-state index in [9.17, 15) is 5.11 Å². The third-order valence-corrected chi connectivity index (χ3v) is 3.35. The molecule has 1 aliphatic heterocycles. The van der Waals surface area contributed by atoms with Crippen LogP contribution in [0.25, 0.3) is 10.9 Å². The normalized spacial score (nSPS) is 21.4. The van der Waals surface area contributed by atoms with Gasteiger partial charge in [0.1, 0.15) is 6.10 Å². The molecule has 1 N–H and O–H groups in total. The first-order chi connectivity index (χ1) is 9.33. The quantitative estimate of drug-likeness (QED) is 0.908. The van der Waals surface area contributed by atoms with Crippen molar-refractivity contribution >= 4 is 10.9 Å². The van der Waals surface area contributed by atoms with Crippen molar-refractivity contribution in [3.63, 3.8) is 0 Å². The van der Waals surface area contributed by atoms with Gasteiger partial charge in [-0.1, -0.05) is 24.3 Å². The fourth-order valence-electron chi connectivity index (χ4n) is 2.30. The van der Waals surface area contributed by atoms with Crippen molar-refractivity contribution in [3.8, 4) is 0 Å². The highest BCUT2D eigenvalue weighted by Crippen LogP contribution is 2.15. The van der Waals surface area contributed by atoms with Gasteiger partial charge in [0.2, 0.25) is 0 Å². The van der Waals surface area contributed by atoms with E-state index in [1.165, 1.54) is 0 Å². The molecule has 3 rings (SSSR count). The molecule has 0 spiro atoms. The molecular formula is C15H17NO3. The van der Waals surface area contributed by atoms with Crippen LogP contribution in [0.4, 0.5) is 0 Å². The van der Waals surface area contributed by atoms with Gasteiger partial charge < -0.3 is 14.6 Å². The largest absolute Gasteiger partial charge is 0.390 e. The summed E-state index contributed by atoms with van der Waals surface area (Å²) in [5, 5.41) is 11.3. The molecule has 1 aliphatic rings. The molecular weight excluding hydrogens is 242 g/mol. The van der Waals surface area contributed by atoms with Gasteiger partial charge in [-0.15, -0.1) is 0 Å². The van der Waals surface area contributed by atoms with Crippen LogP contribution in [0.15, 0.2) is 36.4 Å². The van der Waals surface area contributed by atoms with Crippen LogP contribution < -0.4 is 0 Å². The standard InChI is InChI=1S/C15H17NO3/c17-14(15-10-18-7-8-19-15)9-12-6-5-11-3-1-2-4-13(11)16-12/h1-6,14-15,17H,7-10H2. The number of hydrogen-bond donors (Lipinski definition) is 1. The second-order valence-electron chi connectivity index (χ2n) is 4.75. The summed E-state index contributed by atoms with van der Waals surface area (Å²) in [5.74, 6) is 0. The van der Waals surface area contributed by atoms with Gasteiger partial charge >= 0.3 is 0 Å². The number of rotatable bonds is 3. The summed E-state index contributed by atoms with van der Waals surface area (Å²) in [6, 6.07) is 11.9. The van der Waals surface area contributed by atoms with E-state index in [1.54, 1.807) is 0 Å². The van der Waals surface area contributed by atoms with E-state index in [0.29, 0.717) is 26.2 Å². The molecule has 1 aromatic carbocycles. The van der Waals surface area contributed by atoms with Crippen molar-refractivity contribution in [3.05, 3.63) is 42.1 Å². The topological polar surface area (TPSA) is 51.6 Å². The Morgan fingerprint density at radius 3 is 2.95 bits per heavy atom. The number of ether oxygens (including phenoxy) is 2. The molecule has 4 nitrogen and oxygen atoms in total. The third kappa shape index (κ3) is 2.92. The predicted octanol–water partition coefficient (Wildman–Crippen LogP) is 1.55. The second-order valence-corrected chi connectivity index (χ2v) is 4.75. The molecule has 0 bridgehead atoms. The lowest BCUT2D eigenvalue weighted by Crippen LogP contribution is -2.39. The van der Waals surface area contributed by atoms with E-state index in [4.69, 9.17) is 9.47 Å². The van der Waals surface area contributed by atoms with Crippen LogP contribution in [0.5, 0.6) is 0 Å². The minimum Gasteiger partial charge on any atom is -0.390 e. The van der Waals surface area contributed by atoms with E-state index >= 15 is 0 Å². The van der Waals surface area contributed by atoms with Crippen LogP contribution >= 0.6 is 0 Å². The average Bonchev–Trinajstić information content (AvgIpc) is 2.48. The van der Waals surface area contributed by atoms with Gasteiger partial charge in [-0.3, -0.25) is 4.98 Å². The van der Waals surface area contributed by atoms with E-state index in [0.717, 1.165) is 16.6 Å². The number of aliphatic hydroxyl groups excluding tert-OH is 1. The predicted molar refractivity (Wildman–Crippen MR) is 72.0 cm³/mol. The Hall–Kier alpha value is -1.49. The van der Waals surface area contributed by atoms with Crippen LogP contribution in [-0.2, 0) is 15.9 Å². The van der Waals surface area contributed by atoms with E-state index in [1.807, 2.05) is 36.4 Å². The molecule has 100 valence electrons. The number of nitrogens with zero attached hydrogens (tertiary/aromatic N) is 1. The first-order valence-electron chi connectivity index (χ1n) is 6.55. The highest BCUT2D eigenvalue weighted by Gasteiger charge is 2.23. The molecule has 1 fully saturated rings. The summed E-state index contributed by atoms with van der Waals surface area (Å²) in [6.07, 6.45) is -0.338. The minimum absolute atomic E-state index is 0.248. The maximum absolute atomic E-state index is 10.2. The summed E-state index contributed by atoms with van der Waals surface area (Å²) in [4.78, 5) is 4.55. The molecule has 2 heterocycles. The zero-order valence-electron chi connectivity index (χ0n) is 10.7. The van der Waals surface area contributed by atoms with Gasteiger partial charge in [-0.2, -0.15) is 0 Å². The Kier molecular flexibility index (Phi) is 3.73. The highest BCUT2D eigenvalue weighted by molar-refractivity contribution is 5.78. The van der Waals surface area contributed by atoms with Gasteiger partial charge in [0, 0.05) is 17.5 Å². The van der Waals surface area contributed by atoms with Crippen LogP contribution in [-0.4, -0.2) is 42.1 Å². The van der Waals surface area contributed by atoms with Gasteiger partial charge in [0.05, 0.1) is 31.4 Å². The Morgan fingerprint density at radius 1 is 1.21 bits per heavy atom. The number of pyridine rings is 1. The van der Waals surface area contributed by atoms with Crippen LogP contribution in [0.2, 0.25) is 0 Å². The summed E-state index contributed by atoms with van der Waals surface area (Å²) in [7, 11) is 0. The lowest BCUT2D eigenvalue weighted by Gasteiger charge is -2.27. The molecule has 0 radical (unpaired) electrons. The number of aromatic nitrogens is 1. The summed E-state index contributed by atoms with van der Waals surface area (Å²) >= 11 is 0. The van der Waals surface area contributed by atoms with Crippen LogP contribution in [0.1, 0.15) is 5.69 Å². The van der Waals surface area contributed by atoms with E-state index in [-0.39, 0.29) is 6.10 Å². The van der Waals surface area contributed by atoms with Crippen molar-refractivity contribution in [2.24, 2.45) is 0 Å². The number of aliphatic hydroxyl groups is 1. The first kappa shape index (κ1) is 12.5. The molecule has 1 saturated heterocycles. The van der Waals surface area contributed by atoms with Crippen molar-refractivity contribution in [2.75, 3.05) is 19.8 Å². The minimum atomic E-state index is -0.575. The second kappa shape index (κ2) is 5.65. The summed E-state index contributed by atoms with van der Waals surface area (Å²) in [6.45, 7) is 1.61. The van der Waals surface area contributed by atoms with Crippen molar-refractivity contribution < 1.29 is 14.6 Å². The zero-order valence-corrected chi connectivity index (χ0v) is 10.7. The molecule has 19 heavy (non-hydrogen) atoms. The monoisotopic (exact) mass is 259 g/mol. The summed E-state index contributed by atoms with van der Waals surface area (Å²) in [5.41, 5.74) is 1.83. The zero-order chi connectivity index (χ0) is 13.1. The van der Waals surface area contributed by atoms with Gasteiger partial charge in [-0.25, -0.2) is 0 Å². The Balaban J connectivity index is 1.73. The Labute approximate surface area is 112 Å². The first-order valence-corrected chi connectivity index (χ1v) is 6.55. The van der Waals surface area contributed by atoms with Crippen LogP contribution in [0, 0.1) is 0 Å². The number of para-hydroxylation sites is 1. The molecule has 0 aliphatic carbocycles. The molecule has 2 unspecified atom stereocenters. The maximum atomic E-state index is 10.2. The number of benzene rings is 1. The fourth-order valence-corrected chi connectivity index (χ4v) is 2.30. The lowest BCUT2D eigenvalue weighted by atomic mass is 10.1. The number of fused-ring (bicyclic) bond motifs is 1. The highest BCUT2D eigenvalue weighted by atomic mass is 16.6. The van der Waals surface area contributed by atoms with E-state index < -0.39 is 6.10 Å². The summed E-state index contributed by atoms with van der Waals surface area (Å²) < 4.78 is 10.8. The van der Waals surface area contributed by atoms with Crippen molar-refractivity contribution in [1.29, 1.82) is 0 Å². The maximum Gasteiger partial charge on any atom is 0.107 e. The molecule has 4 heteroatoms. The van der Waals surface area contributed by atoms with Crippen molar-refractivity contribution in [1.82, 2.24) is 4.98 Å². The van der Waals surface area contributed by atoms with E-state index in [2.05, 4.69) is 4.98 Å². The molecule has 0 amide bonds. The van der Waals surface area contributed by atoms with Crippen molar-refractivity contribution in [2.45, 2.75) is 18.6 Å². The Bertz CT molecular complexity index is 552. The molecule has 0 saturated carbocycles. The Morgan fingerprint density at radius 2 is 2.11 bits per heavy atom. The molecule has 1 aromatic heterocycles. The van der Waals surface area contributed by atoms with Gasteiger partial charge in [-0.05, 0) is 12.1 Å². The lowest BCUT2D eigenvalue weighted by molar-refractivity contribution is -0.131. The smallest absolute Gasteiger partial charge is 0.107 e. The third-order valence-electron chi connectivity index (χ3n) is 3.35. The SMILES string of the molecule is OC(Cc1ccc2ccccc2n1)C1COCCO1. The van der Waals surface area contributed by atoms with Crippen LogP contribution in [0.3, 0.4) is 0 Å². The van der Waals surface area contributed by atoms with Gasteiger partial charge in [0.25, 0.3) is 0 Å². The average molecular weight is 259 g/mol. The molecule has 2 aromatic rings. The molecule has 2 atom stereocenters. The van der Waals surface area contributed by atoms with Gasteiger partial charge in [0.15, 0.2) is 0 Å².